The van der Waals surface area contributed by atoms with Gasteiger partial charge in [0, 0.05) is 10.5 Å². The number of thiophene rings is 1. The molecular formula is C37H48P2PtS2. The number of thioether (sulfide) groups is 1. The molecule has 0 saturated carbocycles. The molecule has 0 N–H and O–H groups in total. The Morgan fingerprint density at radius 2 is 1.17 bits per heavy atom. The zero-order valence-corrected chi connectivity index (χ0v) is 32.7. The quantitative estimate of drug-likeness (QED) is 0.0991. The number of benzene rings is 2. The first-order chi connectivity index (χ1) is 19.8. The van der Waals surface area contributed by atoms with E-state index in [-0.39, 0.29) is 21.1 Å². The van der Waals surface area contributed by atoms with Crippen molar-refractivity contribution < 1.29 is 21.1 Å². The molecular weight excluding hydrogens is 766 g/mol. The maximum Gasteiger partial charge on any atom is 2.00 e. The predicted molar refractivity (Wildman–Crippen MR) is 194 cm³/mol. The normalized spacial score (nSPS) is 9.26. The van der Waals surface area contributed by atoms with Crippen molar-refractivity contribution in [2.24, 2.45) is 0 Å². The molecule has 0 radical (unpaired) electrons. The number of hydrogen-bond acceptors (Lipinski definition) is 2. The minimum atomic E-state index is 0. The van der Waals surface area contributed by atoms with Crippen LogP contribution in [0.2, 0.25) is 0 Å². The standard InChI is InChI=1S/C17H13S2.C8H5.2C6H15P.Pt/c1-5-15-8-9-16(19-15)7-6-14-10-12(2)13(3)17(11-14)18-4;1-2-8-6-4-3-5-7-8;2*1-4-7(5-2)6-3;/h8-11H,2-4H3;3-7H;2*4-6H2,1-3H3;/q2*-1;;;+2. The van der Waals surface area contributed by atoms with Gasteiger partial charge < -0.3 is 12.8 Å². The Balaban J connectivity index is 0. The Hall–Kier alpha value is -1.28. The summed E-state index contributed by atoms with van der Waals surface area (Å²) < 4.78 is 0. The van der Waals surface area contributed by atoms with Gasteiger partial charge in [0.1, 0.15) is 0 Å². The van der Waals surface area contributed by atoms with Crippen LogP contribution in [0, 0.1) is 50.4 Å². The second kappa shape index (κ2) is 27.3. The van der Waals surface area contributed by atoms with Crippen LogP contribution >= 0.6 is 38.9 Å². The van der Waals surface area contributed by atoms with E-state index >= 15 is 0 Å². The van der Waals surface area contributed by atoms with Crippen molar-refractivity contribution in [3.05, 3.63) is 99.5 Å². The maximum atomic E-state index is 7.07. The summed E-state index contributed by atoms with van der Waals surface area (Å²) in [7, 11) is 0.892. The van der Waals surface area contributed by atoms with Crippen molar-refractivity contribution in [2.45, 2.75) is 60.3 Å². The molecule has 0 bridgehead atoms. The maximum absolute atomic E-state index is 7.07. The molecule has 0 aliphatic carbocycles. The van der Waals surface area contributed by atoms with Crippen molar-refractivity contribution in [1.29, 1.82) is 0 Å². The summed E-state index contributed by atoms with van der Waals surface area (Å²) in [6, 6.07) is 17.4. The van der Waals surface area contributed by atoms with Crippen LogP contribution in [-0.4, -0.2) is 43.2 Å². The molecule has 0 fully saturated rings. The van der Waals surface area contributed by atoms with Crippen molar-refractivity contribution in [1.82, 2.24) is 0 Å². The van der Waals surface area contributed by atoms with Gasteiger partial charge in [-0.15, -0.1) is 51.4 Å². The summed E-state index contributed by atoms with van der Waals surface area (Å²) in [6.07, 6.45) is 24.4. The Morgan fingerprint density at radius 3 is 1.52 bits per heavy atom. The van der Waals surface area contributed by atoms with Gasteiger partial charge in [0.25, 0.3) is 0 Å². The molecule has 0 aliphatic rings. The minimum Gasteiger partial charge on any atom is -0.366 e. The zero-order chi connectivity index (χ0) is 31.0. The fourth-order valence-corrected chi connectivity index (χ4v) is 7.64. The summed E-state index contributed by atoms with van der Waals surface area (Å²) in [4.78, 5) is 3.07. The second-order valence-electron chi connectivity index (χ2n) is 8.89. The summed E-state index contributed by atoms with van der Waals surface area (Å²) in [5.41, 5.74) is 4.47. The Morgan fingerprint density at radius 1 is 0.667 bits per heavy atom. The van der Waals surface area contributed by atoms with Crippen LogP contribution in [0.4, 0.5) is 0 Å². The molecule has 1 heterocycles. The SMILES string of the molecule is CCP(CC)CC.CCP(CC)CC.[C-]#Cc1ccc(C#Cc2cc(C)c(C)c(SC)c2)s1.[C-]#Cc1ccccc1.[Pt+2]. The average molecular weight is 814 g/mol. The number of aryl methyl sites for hydroxylation is 1. The molecule has 0 saturated heterocycles. The molecule has 42 heavy (non-hydrogen) atoms. The van der Waals surface area contributed by atoms with Crippen LogP contribution in [0.15, 0.2) is 59.5 Å². The van der Waals surface area contributed by atoms with Gasteiger partial charge in [-0.1, -0.05) is 82.5 Å². The van der Waals surface area contributed by atoms with E-state index in [4.69, 9.17) is 12.8 Å². The van der Waals surface area contributed by atoms with Crippen LogP contribution in [0.25, 0.3) is 0 Å². The van der Waals surface area contributed by atoms with E-state index in [0.29, 0.717) is 15.8 Å². The molecule has 0 aliphatic heterocycles. The van der Waals surface area contributed by atoms with Gasteiger partial charge in [-0.05, 0) is 80.3 Å². The van der Waals surface area contributed by atoms with E-state index in [1.807, 2.05) is 42.5 Å². The van der Waals surface area contributed by atoms with Gasteiger partial charge in [0.2, 0.25) is 0 Å². The van der Waals surface area contributed by atoms with Crippen LogP contribution in [-0.2, 0) is 21.1 Å². The van der Waals surface area contributed by atoms with Gasteiger partial charge in [-0.25, -0.2) is 11.3 Å². The second-order valence-corrected chi connectivity index (χ2v) is 17.3. The molecule has 5 heteroatoms. The molecule has 228 valence electrons. The van der Waals surface area contributed by atoms with E-state index in [1.165, 1.54) is 64.3 Å². The largest absolute Gasteiger partial charge is 2.00 e. The zero-order valence-electron chi connectivity index (χ0n) is 27.0. The molecule has 0 unspecified atom stereocenters. The fourth-order valence-electron chi connectivity index (χ4n) is 3.58. The van der Waals surface area contributed by atoms with Crippen LogP contribution < -0.4 is 0 Å². The van der Waals surface area contributed by atoms with Gasteiger partial charge >= 0.3 is 21.1 Å². The van der Waals surface area contributed by atoms with Crippen LogP contribution in [0.3, 0.4) is 0 Å². The Bertz CT molecular complexity index is 1230. The molecule has 2 aromatic carbocycles. The van der Waals surface area contributed by atoms with Gasteiger partial charge in [-0.3, -0.25) is 11.8 Å². The summed E-state index contributed by atoms with van der Waals surface area (Å²) in [5, 5.41) is 0. The molecule has 0 nitrogen and oxygen atoms in total. The molecule has 3 aromatic rings. The van der Waals surface area contributed by atoms with Gasteiger partial charge in [-0.2, -0.15) is 0 Å². The van der Waals surface area contributed by atoms with E-state index < -0.39 is 0 Å². The van der Waals surface area contributed by atoms with E-state index in [9.17, 15) is 0 Å². The molecule has 1 aromatic heterocycles. The Kier molecular flexibility index (Phi) is 27.8. The molecule has 0 amide bonds. The first-order valence-electron chi connectivity index (χ1n) is 14.4. The Labute approximate surface area is 284 Å². The fraction of sp³-hybridized carbons (Fsp3) is 0.405. The average Bonchev–Trinajstić information content (AvgIpc) is 3.49. The summed E-state index contributed by atoms with van der Waals surface area (Å²) >= 11 is 3.25. The number of rotatable bonds is 7. The van der Waals surface area contributed by atoms with Crippen LogP contribution in [0.1, 0.15) is 73.6 Å². The number of hydrogen-bond donors (Lipinski definition) is 0. The molecule has 0 atom stereocenters. The first-order valence-corrected chi connectivity index (χ1v) is 20.2. The van der Waals surface area contributed by atoms with E-state index in [2.05, 4.69) is 97.5 Å². The summed E-state index contributed by atoms with van der Waals surface area (Å²) in [5.74, 6) is 11.0. The summed E-state index contributed by atoms with van der Waals surface area (Å²) in [6.45, 7) is 18.0. The van der Waals surface area contributed by atoms with Gasteiger partial charge in [0.15, 0.2) is 0 Å². The minimum absolute atomic E-state index is 0. The topological polar surface area (TPSA) is 0 Å². The van der Waals surface area contributed by atoms with Crippen LogP contribution in [0.5, 0.6) is 0 Å². The third kappa shape index (κ3) is 18.4. The first kappa shape index (κ1) is 42.8. The monoisotopic (exact) mass is 813 g/mol. The van der Waals surface area contributed by atoms with E-state index in [0.717, 1.165) is 20.9 Å². The van der Waals surface area contributed by atoms with E-state index in [1.54, 1.807) is 11.8 Å². The van der Waals surface area contributed by atoms with Crippen molar-refractivity contribution in [3.8, 4) is 23.7 Å². The third-order valence-corrected chi connectivity index (χ3v) is 13.6. The predicted octanol–water partition coefficient (Wildman–Crippen LogP) is 11.1. The van der Waals surface area contributed by atoms with Crippen molar-refractivity contribution in [3.63, 3.8) is 0 Å². The molecule has 3 rings (SSSR count). The molecule has 0 spiro atoms. The van der Waals surface area contributed by atoms with Crippen molar-refractivity contribution >= 4 is 38.9 Å². The smallest absolute Gasteiger partial charge is 0.366 e. The third-order valence-electron chi connectivity index (χ3n) is 6.50. The van der Waals surface area contributed by atoms with Crippen molar-refractivity contribution in [2.75, 3.05) is 43.2 Å². The van der Waals surface area contributed by atoms with Gasteiger partial charge in [0.05, 0.1) is 4.88 Å².